The van der Waals surface area contributed by atoms with Crippen LogP contribution in [0.2, 0.25) is 0 Å². The highest BCUT2D eigenvalue weighted by Gasteiger charge is 2.30. The van der Waals surface area contributed by atoms with E-state index in [2.05, 4.69) is 52.2 Å². The van der Waals surface area contributed by atoms with Crippen LogP contribution in [0.5, 0.6) is 0 Å². The molecule has 4 aromatic rings. The Morgan fingerprint density at radius 3 is 2.03 bits per heavy atom. The van der Waals surface area contributed by atoms with E-state index < -0.39 is 18.1 Å². The van der Waals surface area contributed by atoms with Crippen molar-refractivity contribution in [2.45, 2.75) is 25.0 Å². The van der Waals surface area contributed by atoms with Gasteiger partial charge in [-0.2, -0.15) is 0 Å². The highest BCUT2D eigenvalue weighted by atomic mass is 127. The van der Waals surface area contributed by atoms with Crippen molar-refractivity contribution in [3.8, 4) is 11.1 Å². The second-order valence-corrected chi connectivity index (χ2v) is 10.1. The van der Waals surface area contributed by atoms with Crippen molar-refractivity contribution in [2.75, 3.05) is 6.61 Å². The molecule has 0 bridgehead atoms. The summed E-state index contributed by atoms with van der Waals surface area (Å²) >= 11 is 2.23. The molecule has 6 heteroatoms. The Kier molecular flexibility index (Phi) is 7.84. The van der Waals surface area contributed by atoms with E-state index in [1.54, 1.807) is 0 Å². The number of ether oxygens (including phenoxy) is 2. The summed E-state index contributed by atoms with van der Waals surface area (Å²) in [6.07, 6.45) is -0.342. The van der Waals surface area contributed by atoms with Crippen LogP contribution in [0.3, 0.4) is 0 Å². The maximum absolute atomic E-state index is 13.1. The third-order valence-corrected chi connectivity index (χ3v) is 7.58. The third-order valence-electron chi connectivity index (χ3n) is 6.53. The number of amides is 1. The topological polar surface area (TPSA) is 64.6 Å². The number of carbonyl (C=O) groups excluding carboxylic acids is 2. The van der Waals surface area contributed by atoms with E-state index in [1.165, 1.54) is 0 Å². The molecule has 0 radical (unpaired) electrons. The first-order chi connectivity index (χ1) is 18.1. The van der Waals surface area contributed by atoms with Crippen LogP contribution >= 0.6 is 22.6 Å². The van der Waals surface area contributed by atoms with Gasteiger partial charge in [-0.1, -0.05) is 97.1 Å². The van der Waals surface area contributed by atoms with Gasteiger partial charge in [0.2, 0.25) is 0 Å². The standard InChI is InChI=1S/C31H26INO4/c32-28-17-9-4-12-22(28)18-29(30(34)36-19-21-10-2-1-3-11-21)33-31(35)37-20-27-25-15-7-5-13-23(25)24-14-6-8-16-26(24)27/h1-17,27,29H,18-20H2,(H,33,35)/t29-/m0/s1. The molecule has 1 aliphatic carbocycles. The smallest absolute Gasteiger partial charge is 0.407 e. The van der Waals surface area contributed by atoms with Crippen LogP contribution < -0.4 is 5.32 Å². The van der Waals surface area contributed by atoms with E-state index in [9.17, 15) is 9.59 Å². The minimum absolute atomic E-state index is 0.0586. The fourth-order valence-electron chi connectivity index (χ4n) is 4.69. The van der Waals surface area contributed by atoms with E-state index in [-0.39, 0.29) is 19.1 Å². The molecule has 4 aromatic carbocycles. The Balaban J connectivity index is 1.28. The first-order valence-electron chi connectivity index (χ1n) is 12.2. The van der Waals surface area contributed by atoms with Crippen LogP contribution in [0.15, 0.2) is 103 Å². The van der Waals surface area contributed by atoms with Gasteiger partial charge in [-0.15, -0.1) is 0 Å². The molecule has 1 amide bonds. The molecule has 0 aliphatic heterocycles. The van der Waals surface area contributed by atoms with E-state index in [0.29, 0.717) is 6.42 Å². The number of hydrogen-bond acceptors (Lipinski definition) is 4. The van der Waals surface area contributed by atoms with Gasteiger partial charge >= 0.3 is 12.1 Å². The van der Waals surface area contributed by atoms with Crippen molar-refractivity contribution in [3.05, 3.63) is 129 Å². The SMILES string of the molecule is O=C(N[C@@H](Cc1ccccc1I)C(=O)OCc1ccccc1)OCC1c2ccccc2-c2ccccc21. The number of halogens is 1. The van der Waals surface area contributed by atoms with Gasteiger partial charge in [-0.3, -0.25) is 0 Å². The summed E-state index contributed by atoms with van der Waals surface area (Å²) in [5.74, 6) is -0.561. The van der Waals surface area contributed by atoms with E-state index in [0.717, 1.165) is 37.0 Å². The number of carbonyl (C=O) groups is 2. The summed E-state index contributed by atoms with van der Waals surface area (Å²) in [5.41, 5.74) is 6.42. The third kappa shape index (κ3) is 5.85. The average Bonchev–Trinajstić information content (AvgIpc) is 3.25. The van der Waals surface area contributed by atoms with Crippen molar-refractivity contribution >= 4 is 34.7 Å². The highest BCUT2D eigenvalue weighted by Crippen LogP contribution is 2.44. The monoisotopic (exact) mass is 603 g/mol. The molecule has 5 nitrogen and oxygen atoms in total. The summed E-state index contributed by atoms with van der Waals surface area (Å²) in [6.45, 7) is 0.308. The Hall–Kier alpha value is -3.65. The predicted molar refractivity (Wildman–Crippen MR) is 151 cm³/mol. The Morgan fingerprint density at radius 1 is 0.757 bits per heavy atom. The largest absolute Gasteiger partial charge is 0.459 e. The first-order valence-corrected chi connectivity index (χ1v) is 13.2. The van der Waals surface area contributed by atoms with Crippen molar-refractivity contribution in [1.29, 1.82) is 0 Å². The molecule has 0 unspecified atom stereocenters. The maximum atomic E-state index is 13.1. The lowest BCUT2D eigenvalue weighted by molar-refractivity contribution is -0.147. The molecule has 1 atom stereocenters. The fraction of sp³-hybridized carbons (Fsp3) is 0.161. The number of nitrogens with one attached hydrogen (secondary N) is 1. The van der Waals surface area contributed by atoms with Crippen molar-refractivity contribution in [3.63, 3.8) is 0 Å². The predicted octanol–water partition coefficient (Wildman–Crippen LogP) is 6.48. The van der Waals surface area contributed by atoms with Gasteiger partial charge in [0, 0.05) is 15.9 Å². The number of alkyl carbamates (subject to hydrolysis) is 1. The lowest BCUT2D eigenvalue weighted by Gasteiger charge is -2.20. The summed E-state index contributed by atoms with van der Waals surface area (Å²) in [6, 6.07) is 32.7. The van der Waals surface area contributed by atoms with Gasteiger partial charge in [-0.05, 0) is 62.0 Å². The molecular formula is C31H26INO4. The maximum Gasteiger partial charge on any atom is 0.407 e. The molecule has 0 saturated carbocycles. The Bertz CT molecular complexity index is 1360. The molecule has 0 saturated heterocycles. The lowest BCUT2D eigenvalue weighted by atomic mass is 9.98. The van der Waals surface area contributed by atoms with Crippen LogP contribution in [0.4, 0.5) is 4.79 Å². The van der Waals surface area contributed by atoms with Gasteiger partial charge in [-0.25, -0.2) is 9.59 Å². The van der Waals surface area contributed by atoms with E-state index >= 15 is 0 Å². The lowest BCUT2D eigenvalue weighted by Crippen LogP contribution is -2.44. The van der Waals surface area contributed by atoms with Crippen LogP contribution in [-0.2, 0) is 27.3 Å². The second-order valence-electron chi connectivity index (χ2n) is 8.91. The van der Waals surface area contributed by atoms with Gasteiger partial charge < -0.3 is 14.8 Å². The zero-order valence-electron chi connectivity index (χ0n) is 20.1. The number of esters is 1. The van der Waals surface area contributed by atoms with Gasteiger partial charge in [0.1, 0.15) is 19.3 Å². The molecule has 0 heterocycles. The molecule has 37 heavy (non-hydrogen) atoms. The van der Waals surface area contributed by atoms with Crippen LogP contribution in [0, 0.1) is 3.57 Å². The Morgan fingerprint density at radius 2 is 1.35 bits per heavy atom. The van der Waals surface area contributed by atoms with Crippen molar-refractivity contribution in [1.82, 2.24) is 5.32 Å². The number of benzene rings is 4. The van der Waals surface area contributed by atoms with E-state index in [4.69, 9.17) is 9.47 Å². The molecule has 186 valence electrons. The summed E-state index contributed by atoms with van der Waals surface area (Å²) in [4.78, 5) is 26.0. The molecule has 0 spiro atoms. The van der Waals surface area contributed by atoms with Crippen molar-refractivity contribution in [2.24, 2.45) is 0 Å². The average molecular weight is 603 g/mol. The normalized spacial score (nSPS) is 12.8. The molecule has 1 N–H and O–H groups in total. The van der Waals surface area contributed by atoms with E-state index in [1.807, 2.05) is 78.9 Å². The first kappa shape index (κ1) is 25.0. The van der Waals surface area contributed by atoms with Crippen LogP contribution in [0.25, 0.3) is 11.1 Å². The summed E-state index contributed by atoms with van der Waals surface area (Å²) in [5, 5.41) is 2.76. The Labute approximate surface area is 230 Å². The second kappa shape index (κ2) is 11.6. The quantitative estimate of drug-likeness (QED) is 0.185. The molecule has 0 aromatic heterocycles. The fourth-order valence-corrected chi connectivity index (χ4v) is 5.30. The summed E-state index contributed by atoms with van der Waals surface area (Å²) < 4.78 is 12.3. The minimum atomic E-state index is -0.879. The van der Waals surface area contributed by atoms with Crippen LogP contribution in [0.1, 0.15) is 28.2 Å². The molecular weight excluding hydrogens is 577 g/mol. The summed E-state index contributed by atoms with van der Waals surface area (Å²) in [7, 11) is 0. The van der Waals surface area contributed by atoms with Crippen molar-refractivity contribution < 1.29 is 19.1 Å². The molecule has 5 rings (SSSR count). The number of rotatable bonds is 8. The van der Waals surface area contributed by atoms with Gasteiger partial charge in [0.25, 0.3) is 0 Å². The number of fused-ring (bicyclic) bond motifs is 3. The number of hydrogen-bond donors (Lipinski definition) is 1. The van der Waals surface area contributed by atoms with Gasteiger partial charge in [0.05, 0.1) is 0 Å². The zero-order valence-corrected chi connectivity index (χ0v) is 22.3. The molecule has 1 aliphatic rings. The van der Waals surface area contributed by atoms with Gasteiger partial charge in [0.15, 0.2) is 0 Å². The minimum Gasteiger partial charge on any atom is -0.459 e. The molecule has 0 fully saturated rings. The zero-order chi connectivity index (χ0) is 25.6. The highest BCUT2D eigenvalue weighted by molar-refractivity contribution is 14.1. The van der Waals surface area contributed by atoms with Crippen LogP contribution in [-0.4, -0.2) is 24.7 Å².